The van der Waals surface area contributed by atoms with Gasteiger partial charge in [-0.2, -0.15) is 0 Å². The summed E-state index contributed by atoms with van der Waals surface area (Å²) in [5.74, 6) is -0.223. The molecular weight excluding hydrogens is 199 g/mol. The molecule has 71 valence electrons. The zero-order chi connectivity index (χ0) is 9.80. The summed E-state index contributed by atoms with van der Waals surface area (Å²) in [5.41, 5.74) is 0.791. The van der Waals surface area contributed by atoms with Gasteiger partial charge < -0.3 is 5.32 Å². The third-order valence-electron chi connectivity index (χ3n) is 1.61. The first-order chi connectivity index (χ1) is 6.84. The Morgan fingerprint density at radius 1 is 1.21 bits per heavy atom. The molecule has 0 unspecified atom stereocenters. The van der Waals surface area contributed by atoms with Crippen LogP contribution in [0.2, 0.25) is 0 Å². The first kappa shape index (κ1) is 9.27. The van der Waals surface area contributed by atoms with Crippen LogP contribution in [0.1, 0.15) is 0 Å². The number of hydrogen-bond acceptors (Lipinski definition) is 3. The Hall–Kier alpha value is -1.29. The molecule has 0 saturated heterocycles. The molecule has 0 fully saturated rings. The molecule has 2 nitrogen and oxygen atoms in total. The lowest BCUT2D eigenvalue weighted by molar-refractivity contribution is 0.626. The lowest BCUT2D eigenvalue weighted by Gasteiger charge is -2.11. The fourth-order valence-electron chi connectivity index (χ4n) is 0.981. The fraction of sp³-hybridized carbons (Fsp3) is 0. The monoisotopic (exact) mass is 207 g/mol. The van der Waals surface area contributed by atoms with Gasteiger partial charge in [0.05, 0.1) is 0 Å². The normalized spacial score (nSPS) is 15.5. The molecule has 0 amide bonds. The number of halogens is 1. The third kappa shape index (κ3) is 2.35. The van der Waals surface area contributed by atoms with Crippen molar-refractivity contribution in [2.24, 2.45) is 4.99 Å². The topological polar surface area (TPSA) is 24.4 Å². The van der Waals surface area contributed by atoms with Gasteiger partial charge >= 0.3 is 0 Å². The van der Waals surface area contributed by atoms with Crippen molar-refractivity contribution in [1.29, 1.82) is 0 Å². The van der Waals surface area contributed by atoms with Crippen molar-refractivity contribution in [2.45, 2.75) is 4.90 Å². The summed E-state index contributed by atoms with van der Waals surface area (Å²) >= 11 is 1.46. The van der Waals surface area contributed by atoms with Crippen molar-refractivity contribution in [3.05, 3.63) is 47.9 Å². The molecule has 1 radical (unpaired) electrons. The molecule has 0 bridgehead atoms. The second-order valence-corrected chi connectivity index (χ2v) is 3.70. The summed E-state index contributed by atoms with van der Waals surface area (Å²) in [6.45, 7) is 0. The van der Waals surface area contributed by atoms with Crippen molar-refractivity contribution >= 4 is 18.0 Å². The van der Waals surface area contributed by atoms with Crippen molar-refractivity contribution in [3.8, 4) is 0 Å². The van der Waals surface area contributed by atoms with E-state index in [9.17, 15) is 4.39 Å². The molecular formula is C10H8FN2S. The number of thioether (sulfide) groups is 1. The third-order valence-corrected chi connectivity index (χ3v) is 2.53. The molecule has 2 rings (SSSR count). The summed E-state index contributed by atoms with van der Waals surface area (Å²) in [6.07, 6.45) is 5.33. The number of aliphatic imine (C=N–C) groups is 1. The molecule has 1 aliphatic heterocycles. The van der Waals surface area contributed by atoms with E-state index < -0.39 is 0 Å². The molecule has 1 heterocycles. The van der Waals surface area contributed by atoms with E-state index in [0.29, 0.717) is 0 Å². The van der Waals surface area contributed by atoms with Gasteiger partial charge in [-0.25, -0.2) is 9.38 Å². The van der Waals surface area contributed by atoms with E-state index in [2.05, 4.69) is 10.3 Å². The van der Waals surface area contributed by atoms with E-state index in [0.717, 1.165) is 10.4 Å². The Bertz CT molecular complexity index is 359. The van der Waals surface area contributed by atoms with Crippen LogP contribution in [0.3, 0.4) is 0 Å². The Balaban J connectivity index is 2.00. The second-order valence-electron chi connectivity index (χ2n) is 2.64. The molecule has 1 N–H and O–H groups in total. The molecule has 4 heteroatoms. The smallest absolute Gasteiger partial charge is 0.236 e. The zero-order valence-electron chi connectivity index (χ0n) is 7.27. The van der Waals surface area contributed by atoms with Crippen molar-refractivity contribution < 1.29 is 4.39 Å². The predicted octanol–water partition coefficient (Wildman–Crippen LogP) is 2.55. The maximum atomic E-state index is 12.6. The second kappa shape index (κ2) is 4.28. The lowest BCUT2D eigenvalue weighted by atomic mass is 10.4. The van der Waals surface area contributed by atoms with Crippen LogP contribution in [-0.2, 0) is 0 Å². The van der Waals surface area contributed by atoms with E-state index in [1.807, 2.05) is 6.08 Å². The molecule has 0 aromatic heterocycles. The quantitative estimate of drug-likeness (QED) is 0.806. The van der Waals surface area contributed by atoms with E-state index in [1.165, 1.54) is 23.9 Å². The molecule has 0 saturated carbocycles. The summed E-state index contributed by atoms with van der Waals surface area (Å²) in [5, 5.41) is 2.99. The standard InChI is InChI=1S/C10H8FN2S/c11-8-2-4-9(5-3-8)14-10-12-6-1-7-13-10/h1-7,12H. The van der Waals surface area contributed by atoms with E-state index >= 15 is 0 Å². The highest BCUT2D eigenvalue weighted by atomic mass is 32.2. The van der Waals surface area contributed by atoms with Gasteiger partial charge in [0.15, 0.2) is 0 Å². The Kier molecular flexibility index (Phi) is 2.84. The number of rotatable bonds is 2. The Morgan fingerprint density at radius 3 is 2.64 bits per heavy atom. The van der Waals surface area contributed by atoms with Gasteiger partial charge in [-0.3, -0.25) is 0 Å². The zero-order valence-corrected chi connectivity index (χ0v) is 8.09. The first-order valence-corrected chi connectivity index (χ1v) is 4.92. The van der Waals surface area contributed by atoms with E-state index in [-0.39, 0.29) is 5.82 Å². The van der Waals surface area contributed by atoms with Crippen LogP contribution in [0.4, 0.5) is 4.39 Å². The minimum absolute atomic E-state index is 0.223. The number of nitrogens with zero attached hydrogens (tertiary/aromatic N) is 1. The molecule has 1 aromatic carbocycles. The highest BCUT2D eigenvalue weighted by Gasteiger charge is 2.08. The summed E-state index contributed by atoms with van der Waals surface area (Å²) in [4.78, 5) is 5.07. The molecule has 0 aliphatic carbocycles. The van der Waals surface area contributed by atoms with Crippen LogP contribution < -0.4 is 5.32 Å². The number of allylic oxidation sites excluding steroid dienone is 1. The predicted molar refractivity (Wildman–Crippen MR) is 56.3 cm³/mol. The van der Waals surface area contributed by atoms with Crippen molar-refractivity contribution in [1.82, 2.24) is 5.32 Å². The van der Waals surface area contributed by atoms with Crippen molar-refractivity contribution in [3.63, 3.8) is 0 Å². The van der Waals surface area contributed by atoms with Gasteiger partial charge in [0.25, 0.3) is 0 Å². The maximum Gasteiger partial charge on any atom is 0.236 e. The number of hydrogen-bond donors (Lipinski definition) is 1. The van der Waals surface area contributed by atoms with E-state index in [1.54, 1.807) is 24.5 Å². The average molecular weight is 207 g/mol. The highest BCUT2D eigenvalue weighted by Crippen LogP contribution is 2.28. The van der Waals surface area contributed by atoms with Gasteiger partial charge in [0.2, 0.25) is 5.50 Å². The van der Waals surface area contributed by atoms with Crippen LogP contribution in [0.25, 0.3) is 0 Å². The summed E-state index contributed by atoms with van der Waals surface area (Å²) in [7, 11) is 0. The highest BCUT2D eigenvalue weighted by molar-refractivity contribution is 8.02. The van der Waals surface area contributed by atoms with Crippen LogP contribution >= 0.6 is 11.8 Å². The van der Waals surface area contributed by atoms with Crippen LogP contribution in [0, 0.1) is 11.3 Å². The fourth-order valence-corrected chi connectivity index (χ4v) is 1.72. The van der Waals surface area contributed by atoms with Crippen LogP contribution in [0.5, 0.6) is 0 Å². The molecule has 0 spiro atoms. The van der Waals surface area contributed by atoms with Crippen molar-refractivity contribution in [2.75, 3.05) is 0 Å². The maximum absolute atomic E-state index is 12.6. The largest absolute Gasteiger partial charge is 0.354 e. The van der Waals surface area contributed by atoms with Gasteiger partial charge in [-0.15, -0.1) is 0 Å². The average Bonchev–Trinajstić information content (AvgIpc) is 2.23. The van der Waals surface area contributed by atoms with E-state index in [4.69, 9.17) is 0 Å². The summed E-state index contributed by atoms with van der Waals surface area (Å²) < 4.78 is 12.6. The van der Waals surface area contributed by atoms with Gasteiger partial charge in [0, 0.05) is 17.3 Å². The first-order valence-electron chi connectivity index (χ1n) is 4.11. The molecule has 1 aliphatic rings. The Morgan fingerprint density at radius 2 is 2.00 bits per heavy atom. The SMILES string of the molecule is Fc1ccc(S[C]2N=CC=CN2)cc1. The Labute approximate surface area is 85.9 Å². The van der Waals surface area contributed by atoms with Crippen LogP contribution in [-0.4, -0.2) is 6.21 Å². The number of benzene rings is 1. The molecule has 14 heavy (non-hydrogen) atoms. The molecule has 0 atom stereocenters. The minimum Gasteiger partial charge on any atom is -0.354 e. The van der Waals surface area contributed by atoms with Gasteiger partial charge in [-0.1, -0.05) is 11.8 Å². The summed E-state index contributed by atoms with van der Waals surface area (Å²) in [6, 6.07) is 6.32. The van der Waals surface area contributed by atoms with Gasteiger partial charge in [0.1, 0.15) is 5.82 Å². The lowest BCUT2D eigenvalue weighted by Crippen LogP contribution is -2.11. The molecule has 1 aromatic rings. The minimum atomic E-state index is -0.223. The van der Waals surface area contributed by atoms with Gasteiger partial charge in [-0.05, 0) is 30.3 Å². The van der Waals surface area contributed by atoms with Crippen LogP contribution in [0.15, 0.2) is 46.4 Å². The number of nitrogens with one attached hydrogen (secondary N) is 1.